The summed E-state index contributed by atoms with van der Waals surface area (Å²) in [5.41, 5.74) is 0.133. The van der Waals surface area contributed by atoms with E-state index in [0.29, 0.717) is 6.42 Å². The maximum Gasteiger partial charge on any atom is 0.425 e. The van der Waals surface area contributed by atoms with E-state index in [4.69, 9.17) is 9.47 Å². The molecule has 7 atom stereocenters. The molecule has 1 aliphatic heterocycles. The molecule has 2 saturated carbocycles. The fraction of sp³-hybridized carbons (Fsp3) is 0.688. The highest BCUT2D eigenvalue weighted by Crippen LogP contribution is 2.59. The zero-order chi connectivity index (χ0) is 18.7. The molecule has 0 spiro atoms. The van der Waals surface area contributed by atoms with E-state index in [9.17, 15) is 27.6 Å². The van der Waals surface area contributed by atoms with Crippen molar-refractivity contribution in [2.24, 2.45) is 23.7 Å². The first-order valence-corrected chi connectivity index (χ1v) is 7.86. The summed E-state index contributed by atoms with van der Waals surface area (Å²) >= 11 is 0. The number of carbonyl (C=O) groups is 3. The molecule has 9 heteroatoms. The van der Waals surface area contributed by atoms with Crippen LogP contribution < -0.4 is 0 Å². The van der Waals surface area contributed by atoms with Crippen molar-refractivity contribution in [3.8, 4) is 0 Å². The van der Waals surface area contributed by atoms with Crippen LogP contribution in [0, 0.1) is 23.7 Å². The van der Waals surface area contributed by atoms with Crippen LogP contribution in [0.4, 0.5) is 13.2 Å². The number of rotatable bonds is 4. The largest absolute Gasteiger partial charge is 0.458 e. The normalized spacial score (nSPS) is 36.8. The van der Waals surface area contributed by atoms with Crippen LogP contribution in [-0.2, 0) is 28.6 Å². The van der Waals surface area contributed by atoms with Crippen LogP contribution in [0.2, 0.25) is 0 Å². The van der Waals surface area contributed by atoms with Gasteiger partial charge in [0.2, 0.25) is 0 Å². The van der Waals surface area contributed by atoms with Crippen molar-refractivity contribution in [1.82, 2.24) is 0 Å². The van der Waals surface area contributed by atoms with Crippen molar-refractivity contribution in [2.45, 2.75) is 44.8 Å². The van der Waals surface area contributed by atoms with Crippen molar-refractivity contribution in [1.29, 1.82) is 0 Å². The predicted molar refractivity (Wildman–Crippen MR) is 74.8 cm³/mol. The van der Waals surface area contributed by atoms with Crippen LogP contribution in [0.15, 0.2) is 12.2 Å². The number of halogens is 3. The molecular weight excluding hydrogens is 345 g/mol. The molecule has 3 rings (SSSR count). The Labute approximate surface area is 141 Å². The second-order valence-electron chi connectivity index (χ2n) is 6.79. The van der Waals surface area contributed by atoms with Gasteiger partial charge in [-0.3, -0.25) is 9.59 Å². The summed E-state index contributed by atoms with van der Waals surface area (Å²) in [6, 6.07) is 0. The van der Waals surface area contributed by atoms with Gasteiger partial charge in [-0.15, -0.1) is 0 Å². The van der Waals surface area contributed by atoms with Crippen LogP contribution in [0.1, 0.15) is 20.3 Å². The molecular formula is C16H17F3O6. The fourth-order valence-corrected chi connectivity index (χ4v) is 4.01. The molecule has 0 aromatic rings. The zero-order valence-corrected chi connectivity index (χ0v) is 13.5. The van der Waals surface area contributed by atoms with E-state index < -0.39 is 60.1 Å². The van der Waals surface area contributed by atoms with E-state index in [2.05, 4.69) is 11.3 Å². The first-order chi connectivity index (χ1) is 11.5. The minimum absolute atomic E-state index is 0.133. The summed E-state index contributed by atoms with van der Waals surface area (Å²) < 4.78 is 52.9. The van der Waals surface area contributed by atoms with Gasteiger partial charge in [0.1, 0.15) is 12.2 Å². The second-order valence-corrected chi connectivity index (χ2v) is 6.79. The van der Waals surface area contributed by atoms with Crippen molar-refractivity contribution < 1.29 is 41.8 Å². The summed E-state index contributed by atoms with van der Waals surface area (Å²) in [7, 11) is 0. The van der Waals surface area contributed by atoms with Crippen molar-refractivity contribution in [3.05, 3.63) is 12.2 Å². The Kier molecular flexibility index (Phi) is 4.08. The Hall–Kier alpha value is -2.06. The molecule has 6 nitrogen and oxygen atoms in total. The van der Waals surface area contributed by atoms with Gasteiger partial charge in [0.15, 0.2) is 6.10 Å². The molecule has 1 saturated heterocycles. The summed E-state index contributed by atoms with van der Waals surface area (Å²) in [4.78, 5) is 36.1. The minimum atomic E-state index is -4.70. The Balaban J connectivity index is 1.80. The molecule has 3 fully saturated rings. The van der Waals surface area contributed by atoms with Crippen molar-refractivity contribution >= 4 is 17.9 Å². The lowest BCUT2D eigenvalue weighted by atomic mass is 9.78. The van der Waals surface area contributed by atoms with E-state index in [0.717, 1.165) is 6.92 Å². The molecule has 2 aliphatic carbocycles. The molecule has 2 bridgehead atoms. The predicted octanol–water partition coefficient (Wildman–Crippen LogP) is 1.78. The first kappa shape index (κ1) is 17.8. The number of hydrogen-bond donors (Lipinski definition) is 0. The molecule has 25 heavy (non-hydrogen) atoms. The lowest BCUT2D eigenvalue weighted by Gasteiger charge is -2.31. The van der Waals surface area contributed by atoms with Crippen LogP contribution in [0.3, 0.4) is 0 Å². The van der Waals surface area contributed by atoms with Gasteiger partial charge in [-0.05, 0) is 20.3 Å². The summed E-state index contributed by atoms with van der Waals surface area (Å²) in [5, 5.41) is 0. The monoisotopic (exact) mass is 362 g/mol. The quantitative estimate of drug-likeness (QED) is 0.431. The minimum Gasteiger partial charge on any atom is -0.458 e. The molecule has 138 valence electrons. The number of alkyl halides is 3. The maximum absolute atomic E-state index is 12.6. The smallest absolute Gasteiger partial charge is 0.425 e. The van der Waals surface area contributed by atoms with E-state index in [-0.39, 0.29) is 11.5 Å². The third-order valence-corrected chi connectivity index (χ3v) is 5.16. The number of ether oxygens (including phenoxy) is 3. The lowest BCUT2D eigenvalue weighted by molar-refractivity contribution is -0.220. The van der Waals surface area contributed by atoms with E-state index in [1.165, 1.54) is 6.92 Å². The highest BCUT2D eigenvalue weighted by molar-refractivity contribution is 5.88. The van der Waals surface area contributed by atoms with Gasteiger partial charge in [-0.2, -0.15) is 13.2 Å². The third-order valence-electron chi connectivity index (χ3n) is 5.16. The fourth-order valence-electron chi connectivity index (χ4n) is 4.01. The molecule has 0 aromatic carbocycles. The average molecular weight is 362 g/mol. The van der Waals surface area contributed by atoms with Gasteiger partial charge >= 0.3 is 24.1 Å². The Morgan fingerprint density at radius 1 is 1.32 bits per heavy atom. The van der Waals surface area contributed by atoms with E-state index in [1.54, 1.807) is 0 Å². The molecule has 0 amide bonds. The molecule has 7 unspecified atom stereocenters. The average Bonchev–Trinajstić information content (AvgIpc) is 3.09. The summed E-state index contributed by atoms with van der Waals surface area (Å²) in [5.74, 6) is -5.40. The van der Waals surface area contributed by atoms with Gasteiger partial charge in [0.25, 0.3) is 0 Å². The third kappa shape index (κ3) is 2.79. The molecule has 0 radical (unpaired) electrons. The van der Waals surface area contributed by atoms with Crippen LogP contribution in [0.5, 0.6) is 0 Å². The highest BCUT2D eigenvalue weighted by Gasteiger charge is 2.70. The highest BCUT2D eigenvalue weighted by atomic mass is 19.4. The van der Waals surface area contributed by atoms with Crippen LogP contribution in [0.25, 0.3) is 0 Å². The molecule has 1 heterocycles. The Bertz CT molecular complexity index is 642. The topological polar surface area (TPSA) is 78.9 Å². The van der Waals surface area contributed by atoms with E-state index >= 15 is 0 Å². The van der Waals surface area contributed by atoms with Gasteiger partial charge in [0.05, 0.1) is 11.8 Å². The number of fused-ring (bicyclic) bond motifs is 1. The van der Waals surface area contributed by atoms with Crippen molar-refractivity contribution in [2.75, 3.05) is 0 Å². The van der Waals surface area contributed by atoms with Gasteiger partial charge in [-0.25, -0.2) is 4.79 Å². The second kappa shape index (κ2) is 5.74. The Morgan fingerprint density at radius 3 is 2.52 bits per heavy atom. The van der Waals surface area contributed by atoms with Gasteiger partial charge in [-0.1, -0.05) is 6.58 Å². The zero-order valence-electron chi connectivity index (χ0n) is 13.5. The number of hydrogen-bond acceptors (Lipinski definition) is 6. The lowest BCUT2D eigenvalue weighted by Crippen LogP contribution is -2.45. The standard InChI is InChI=1S/C16H17F3O6/c1-5(2)13(20)24-11-7-4-8-10(15(22)25-12(8)11)9(7)14(21)23-6(3)16(17,18)19/h6-12H,1,4H2,2-3H3. The number of esters is 3. The van der Waals surface area contributed by atoms with Crippen LogP contribution >= 0.6 is 0 Å². The van der Waals surface area contributed by atoms with Crippen molar-refractivity contribution in [3.63, 3.8) is 0 Å². The van der Waals surface area contributed by atoms with Crippen LogP contribution in [-0.4, -0.2) is 42.4 Å². The van der Waals surface area contributed by atoms with Gasteiger partial charge < -0.3 is 14.2 Å². The molecule has 0 N–H and O–H groups in total. The van der Waals surface area contributed by atoms with E-state index in [1.807, 2.05) is 0 Å². The summed E-state index contributed by atoms with van der Waals surface area (Å²) in [6.45, 7) is 5.62. The molecule has 3 aliphatic rings. The number of carbonyl (C=O) groups excluding carboxylic acids is 3. The SMILES string of the molecule is C=C(C)C(=O)OC1C2CC3C1OC(=O)C3C2C(=O)OC(C)C(F)(F)F. The maximum atomic E-state index is 12.6. The molecule has 0 aromatic heterocycles. The summed E-state index contributed by atoms with van der Waals surface area (Å²) in [6.07, 6.45) is -8.18. The van der Waals surface area contributed by atoms with Gasteiger partial charge in [0, 0.05) is 17.4 Å². The first-order valence-electron chi connectivity index (χ1n) is 7.86. The Morgan fingerprint density at radius 2 is 1.96 bits per heavy atom.